The van der Waals surface area contributed by atoms with Gasteiger partial charge in [0, 0.05) is 38.3 Å². The normalized spacial score (nSPS) is 23.4. The number of nitrogens with one attached hydrogen (secondary N) is 1. The topological polar surface area (TPSA) is 100 Å². The van der Waals surface area contributed by atoms with Crippen molar-refractivity contribution in [1.29, 1.82) is 0 Å². The SMILES string of the molecule is O=C(N/N=C/C1CCC([N+](=O)[O-])O1)N1CCN(c2ccc(F)cc2)CC1. The van der Waals surface area contributed by atoms with Crippen molar-refractivity contribution in [3.63, 3.8) is 0 Å². The number of nitro groups is 1. The summed E-state index contributed by atoms with van der Waals surface area (Å²) in [4.78, 5) is 26.0. The third-order valence-electron chi connectivity index (χ3n) is 4.42. The number of rotatable bonds is 4. The first-order valence-electron chi connectivity index (χ1n) is 8.40. The molecule has 0 bridgehead atoms. The van der Waals surface area contributed by atoms with Gasteiger partial charge in [0.25, 0.3) is 0 Å². The molecule has 2 fully saturated rings. The van der Waals surface area contributed by atoms with Gasteiger partial charge in [0.15, 0.2) is 0 Å². The number of anilines is 1. The predicted molar refractivity (Wildman–Crippen MR) is 92.1 cm³/mol. The number of nitrogens with zero attached hydrogens (tertiary/aromatic N) is 4. The minimum absolute atomic E-state index is 0.277. The van der Waals surface area contributed by atoms with Crippen LogP contribution < -0.4 is 10.3 Å². The van der Waals surface area contributed by atoms with Crippen molar-refractivity contribution in [1.82, 2.24) is 10.3 Å². The minimum Gasteiger partial charge on any atom is -0.368 e. The molecule has 1 aromatic carbocycles. The maximum atomic E-state index is 13.0. The molecule has 0 aliphatic carbocycles. The fourth-order valence-corrected chi connectivity index (χ4v) is 2.98. The second kappa shape index (κ2) is 8.09. The highest BCUT2D eigenvalue weighted by molar-refractivity contribution is 5.76. The monoisotopic (exact) mass is 365 g/mol. The van der Waals surface area contributed by atoms with Crippen molar-refractivity contribution < 1.29 is 18.8 Å². The molecule has 26 heavy (non-hydrogen) atoms. The van der Waals surface area contributed by atoms with E-state index in [-0.39, 0.29) is 11.8 Å². The van der Waals surface area contributed by atoms with Crippen molar-refractivity contribution in [2.75, 3.05) is 31.1 Å². The van der Waals surface area contributed by atoms with Crippen LogP contribution in [-0.4, -0.2) is 60.6 Å². The van der Waals surface area contributed by atoms with Gasteiger partial charge in [0.2, 0.25) is 0 Å². The minimum atomic E-state index is -0.998. The van der Waals surface area contributed by atoms with E-state index in [1.54, 1.807) is 17.0 Å². The molecular weight excluding hydrogens is 345 g/mol. The lowest BCUT2D eigenvalue weighted by Crippen LogP contribution is -2.51. The Kier molecular flexibility index (Phi) is 5.61. The number of urea groups is 1. The highest BCUT2D eigenvalue weighted by Crippen LogP contribution is 2.19. The molecule has 1 aromatic rings. The summed E-state index contributed by atoms with van der Waals surface area (Å²) in [5.41, 5.74) is 3.34. The molecule has 2 amide bonds. The summed E-state index contributed by atoms with van der Waals surface area (Å²) in [6, 6.07) is 5.93. The van der Waals surface area contributed by atoms with E-state index in [4.69, 9.17) is 4.74 Å². The fraction of sp³-hybridized carbons (Fsp3) is 0.500. The summed E-state index contributed by atoms with van der Waals surface area (Å²) in [6.07, 6.45) is 0.767. The summed E-state index contributed by atoms with van der Waals surface area (Å²) < 4.78 is 18.2. The third-order valence-corrected chi connectivity index (χ3v) is 4.42. The van der Waals surface area contributed by atoms with Crippen LogP contribution in [0.2, 0.25) is 0 Å². The number of ether oxygens (including phenoxy) is 1. The van der Waals surface area contributed by atoms with Gasteiger partial charge in [-0.05, 0) is 30.7 Å². The Labute approximate surface area is 149 Å². The molecule has 2 aliphatic heterocycles. The van der Waals surface area contributed by atoms with E-state index >= 15 is 0 Å². The molecule has 0 radical (unpaired) electrons. The first kappa shape index (κ1) is 18.1. The smallest absolute Gasteiger partial charge is 0.337 e. The van der Waals surface area contributed by atoms with Crippen LogP contribution in [0.25, 0.3) is 0 Å². The van der Waals surface area contributed by atoms with Gasteiger partial charge in [-0.25, -0.2) is 14.6 Å². The van der Waals surface area contributed by atoms with Crippen LogP contribution in [0.3, 0.4) is 0 Å². The van der Waals surface area contributed by atoms with Gasteiger partial charge >= 0.3 is 12.3 Å². The van der Waals surface area contributed by atoms with E-state index < -0.39 is 17.3 Å². The van der Waals surface area contributed by atoms with Crippen LogP contribution in [0, 0.1) is 15.9 Å². The summed E-state index contributed by atoms with van der Waals surface area (Å²) in [5.74, 6) is -0.277. The zero-order chi connectivity index (χ0) is 18.5. The number of piperazine rings is 1. The van der Waals surface area contributed by atoms with Gasteiger partial charge in [-0.3, -0.25) is 10.1 Å². The highest BCUT2D eigenvalue weighted by Gasteiger charge is 2.32. The van der Waals surface area contributed by atoms with Crippen molar-refractivity contribution in [3.05, 3.63) is 40.2 Å². The average Bonchev–Trinajstić information content (AvgIpc) is 3.12. The van der Waals surface area contributed by atoms with Crippen molar-refractivity contribution in [2.24, 2.45) is 5.10 Å². The number of benzene rings is 1. The van der Waals surface area contributed by atoms with Crippen LogP contribution >= 0.6 is 0 Å². The maximum absolute atomic E-state index is 13.0. The zero-order valence-corrected chi connectivity index (χ0v) is 14.1. The van der Waals surface area contributed by atoms with E-state index in [1.807, 2.05) is 0 Å². The Morgan fingerprint density at radius 1 is 1.27 bits per heavy atom. The van der Waals surface area contributed by atoms with Crippen molar-refractivity contribution >= 4 is 17.9 Å². The highest BCUT2D eigenvalue weighted by atomic mass is 19.1. The number of carbonyl (C=O) groups is 1. The van der Waals surface area contributed by atoms with Crippen LogP contribution in [0.5, 0.6) is 0 Å². The first-order chi connectivity index (χ1) is 12.5. The number of hydrogen-bond acceptors (Lipinski definition) is 6. The number of hydrogen-bond donors (Lipinski definition) is 1. The lowest BCUT2D eigenvalue weighted by Gasteiger charge is -2.35. The molecule has 10 heteroatoms. The fourth-order valence-electron chi connectivity index (χ4n) is 2.98. The number of halogens is 1. The molecule has 1 N–H and O–H groups in total. The molecule has 0 saturated carbocycles. The van der Waals surface area contributed by atoms with Gasteiger partial charge in [-0.15, -0.1) is 0 Å². The van der Waals surface area contributed by atoms with E-state index in [0.29, 0.717) is 39.0 Å². The molecule has 2 saturated heterocycles. The Morgan fingerprint density at radius 3 is 2.58 bits per heavy atom. The summed E-state index contributed by atoms with van der Waals surface area (Å²) in [5, 5.41) is 14.5. The Morgan fingerprint density at radius 2 is 1.96 bits per heavy atom. The van der Waals surface area contributed by atoms with Gasteiger partial charge in [0.05, 0.1) is 11.1 Å². The lowest BCUT2D eigenvalue weighted by molar-refractivity contribution is -0.570. The second-order valence-corrected chi connectivity index (χ2v) is 6.14. The number of hydrazone groups is 1. The Hall–Kier alpha value is -2.75. The van der Waals surface area contributed by atoms with E-state index in [1.165, 1.54) is 18.3 Å². The molecule has 3 rings (SSSR count). The number of carbonyl (C=O) groups excluding carboxylic acids is 1. The van der Waals surface area contributed by atoms with Gasteiger partial charge < -0.3 is 14.5 Å². The Balaban J connectivity index is 1.42. The Bertz CT molecular complexity index is 676. The van der Waals surface area contributed by atoms with E-state index in [0.717, 1.165) is 5.69 Å². The molecule has 2 heterocycles. The van der Waals surface area contributed by atoms with Crippen molar-refractivity contribution in [3.8, 4) is 0 Å². The quantitative estimate of drug-likeness (QED) is 0.494. The van der Waals surface area contributed by atoms with E-state index in [2.05, 4.69) is 15.4 Å². The average molecular weight is 365 g/mol. The summed E-state index contributed by atoms with van der Waals surface area (Å²) >= 11 is 0. The summed E-state index contributed by atoms with van der Waals surface area (Å²) in [7, 11) is 0. The third kappa shape index (κ3) is 4.45. The molecule has 0 spiro atoms. The van der Waals surface area contributed by atoms with Gasteiger partial charge in [-0.2, -0.15) is 5.10 Å². The molecular formula is C16H20FN5O4. The van der Waals surface area contributed by atoms with Gasteiger partial charge in [-0.1, -0.05) is 0 Å². The molecule has 9 nitrogen and oxygen atoms in total. The van der Waals surface area contributed by atoms with Crippen molar-refractivity contribution in [2.45, 2.75) is 25.2 Å². The molecule has 2 atom stereocenters. The standard InChI is InChI=1S/C16H20FN5O4/c17-12-1-3-13(4-2-12)20-7-9-21(10-8-20)16(23)19-18-11-14-5-6-15(26-14)22(24)25/h1-4,11,14-15H,5-10H2,(H,19,23)/b18-11+. The van der Waals surface area contributed by atoms with Gasteiger partial charge in [0.1, 0.15) is 11.9 Å². The van der Waals surface area contributed by atoms with Crippen LogP contribution in [0.1, 0.15) is 12.8 Å². The largest absolute Gasteiger partial charge is 0.368 e. The molecule has 2 unspecified atom stereocenters. The lowest BCUT2D eigenvalue weighted by atomic mass is 10.2. The zero-order valence-electron chi connectivity index (χ0n) is 14.1. The van der Waals surface area contributed by atoms with Crippen LogP contribution in [0.4, 0.5) is 14.9 Å². The number of amides is 2. The molecule has 0 aromatic heterocycles. The summed E-state index contributed by atoms with van der Waals surface area (Å²) in [6.45, 7) is 2.31. The molecule has 2 aliphatic rings. The second-order valence-electron chi connectivity index (χ2n) is 6.14. The van der Waals surface area contributed by atoms with E-state index in [9.17, 15) is 19.3 Å². The molecule has 140 valence electrons. The van der Waals surface area contributed by atoms with Crippen LogP contribution in [-0.2, 0) is 4.74 Å². The van der Waals surface area contributed by atoms with Crippen LogP contribution in [0.15, 0.2) is 29.4 Å². The maximum Gasteiger partial charge on any atom is 0.337 e. The predicted octanol–water partition coefficient (Wildman–Crippen LogP) is 1.42. The first-order valence-corrected chi connectivity index (χ1v) is 8.40.